The Labute approximate surface area is 238 Å². The molecule has 0 bridgehead atoms. The van der Waals surface area contributed by atoms with Gasteiger partial charge in [-0.2, -0.15) is 0 Å². The van der Waals surface area contributed by atoms with E-state index in [1.54, 1.807) is 14.2 Å². The van der Waals surface area contributed by atoms with Gasteiger partial charge in [-0.05, 0) is 70.3 Å². The van der Waals surface area contributed by atoms with Gasteiger partial charge in [-0.3, -0.25) is 0 Å². The van der Waals surface area contributed by atoms with Gasteiger partial charge in [-0.1, -0.05) is 43.7 Å². The molecule has 0 radical (unpaired) electrons. The third-order valence-corrected chi connectivity index (χ3v) is 7.89. The summed E-state index contributed by atoms with van der Waals surface area (Å²) in [7, 11) is 3.39. The van der Waals surface area contributed by atoms with Gasteiger partial charge < -0.3 is 23.8 Å². The predicted octanol–water partition coefficient (Wildman–Crippen LogP) is 7.81. The van der Waals surface area contributed by atoms with Gasteiger partial charge in [0.25, 0.3) is 0 Å². The number of rotatable bonds is 9. The maximum atomic E-state index is 6.41. The first-order valence-electron chi connectivity index (χ1n) is 13.2. The van der Waals surface area contributed by atoms with Crippen LogP contribution in [0.5, 0.6) is 17.2 Å². The average Bonchev–Trinajstić information content (AvgIpc) is 2.97. The molecule has 1 fully saturated rings. The molecule has 0 N–H and O–H groups in total. The second kappa shape index (κ2) is 12.3. The Morgan fingerprint density at radius 1 is 0.842 bits per heavy atom. The summed E-state index contributed by atoms with van der Waals surface area (Å²) < 4.78 is 24.7. The summed E-state index contributed by atoms with van der Waals surface area (Å²) in [4.78, 5) is 2.42. The Balaban J connectivity index is 1.81. The molecule has 0 atom stereocenters. The number of fused-ring (bicyclic) bond motifs is 1. The van der Waals surface area contributed by atoms with Crippen LogP contribution in [0.1, 0.15) is 19.8 Å². The van der Waals surface area contributed by atoms with E-state index >= 15 is 0 Å². The highest BCUT2D eigenvalue weighted by Gasteiger charge is 2.23. The molecule has 1 aliphatic rings. The zero-order valence-electron chi connectivity index (χ0n) is 22.3. The number of nitrogens with zero attached hydrogens (tertiary/aromatic N) is 1. The molecule has 0 spiro atoms. The number of halogens is 1. The molecule has 5 rings (SSSR count). The van der Waals surface area contributed by atoms with Crippen molar-refractivity contribution in [3.8, 4) is 39.5 Å². The minimum Gasteiger partial charge on any atom is -0.497 e. The number of hydrogen-bond acceptors (Lipinski definition) is 5. The number of unbranched alkanes of at least 4 members (excludes halogenated alkanes) is 1. The Morgan fingerprint density at radius 2 is 1.63 bits per heavy atom. The third kappa shape index (κ3) is 5.43. The van der Waals surface area contributed by atoms with E-state index in [0.717, 1.165) is 59.7 Å². The Kier molecular flexibility index (Phi) is 8.59. The summed E-state index contributed by atoms with van der Waals surface area (Å²) >= 11 is 2.46. The highest BCUT2D eigenvalue weighted by molar-refractivity contribution is 14.1. The van der Waals surface area contributed by atoms with Crippen molar-refractivity contribution in [2.75, 3.05) is 52.0 Å². The van der Waals surface area contributed by atoms with Crippen LogP contribution in [0.15, 0.2) is 66.7 Å². The van der Waals surface area contributed by atoms with Crippen LogP contribution in [-0.2, 0) is 4.74 Å². The first-order chi connectivity index (χ1) is 18.6. The van der Waals surface area contributed by atoms with Crippen LogP contribution >= 0.6 is 22.6 Å². The zero-order chi connectivity index (χ0) is 26.5. The average molecular weight is 624 g/mol. The lowest BCUT2D eigenvalue weighted by Crippen LogP contribution is -2.36. The smallest absolute Gasteiger partial charge is 0.130 e. The largest absolute Gasteiger partial charge is 0.497 e. The molecule has 6 heteroatoms. The lowest BCUT2D eigenvalue weighted by molar-refractivity contribution is 0.123. The summed E-state index contributed by atoms with van der Waals surface area (Å²) in [5.41, 5.74) is 5.73. The van der Waals surface area contributed by atoms with Crippen molar-refractivity contribution in [3.63, 3.8) is 0 Å². The van der Waals surface area contributed by atoms with Crippen molar-refractivity contribution in [1.82, 2.24) is 0 Å². The SMILES string of the molecule is CCCCOc1cc(I)c(-c2ccccc2)c2cc(N3CCOCC3)c(-c3ccc(OC)cc3OC)cc12. The van der Waals surface area contributed by atoms with Crippen molar-refractivity contribution in [2.45, 2.75) is 19.8 Å². The molecule has 0 aromatic heterocycles. The molecule has 0 unspecified atom stereocenters. The first kappa shape index (κ1) is 26.6. The second-order valence-corrected chi connectivity index (χ2v) is 10.5. The van der Waals surface area contributed by atoms with Crippen LogP contribution < -0.4 is 19.1 Å². The van der Waals surface area contributed by atoms with Crippen LogP contribution in [0.2, 0.25) is 0 Å². The van der Waals surface area contributed by atoms with E-state index in [-0.39, 0.29) is 0 Å². The van der Waals surface area contributed by atoms with Gasteiger partial charge >= 0.3 is 0 Å². The van der Waals surface area contributed by atoms with E-state index in [1.807, 2.05) is 12.1 Å². The number of ether oxygens (including phenoxy) is 4. The number of benzene rings is 4. The Morgan fingerprint density at radius 3 is 2.34 bits per heavy atom. The summed E-state index contributed by atoms with van der Waals surface area (Å²) in [6, 6.07) is 23.5. The molecule has 0 amide bonds. The van der Waals surface area contributed by atoms with Gasteiger partial charge in [-0.15, -0.1) is 0 Å². The molecule has 0 aliphatic carbocycles. The Bertz CT molecular complexity index is 1400. The summed E-state index contributed by atoms with van der Waals surface area (Å²) in [5.74, 6) is 2.46. The molecule has 4 aromatic rings. The van der Waals surface area contributed by atoms with E-state index < -0.39 is 0 Å². The molecule has 198 valence electrons. The lowest BCUT2D eigenvalue weighted by atomic mass is 9.92. The third-order valence-electron chi connectivity index (χ3n) is 7.04. The quantitative estimate of drug-likeness (QED) is 0.141. The standard InChI is InChI=1S/C32H34INO4/c1-4-5-15-38-31-21-28(33)32(22-9-7-6-8-10-22)27-20-29(34-13-16-37-17-14-34)25(19-26(27)31)24-12-11-23(35-2)18-30(24)36-3/h6-12,18-21H,4-5,13-17H2,1-3H3. The van der Waals surface area contributed by atoms with Crippen LogP contribution in [0.25, 0.3) is 33.0 Å². The van der Waals surface area contributed by atoms with Crippen molar-refractivity contribution < 1.29 is 18.9 Å². The maximum Gasteiger partial charge on any atom is 0.130 e. The summed E-state index contributed by atoms with van der Waals surface area (Å²) in [6.45, 7) is 5.97. The van der Waals surface area contributed by atoms with Crippen molar-refractivity contribution in [2.24, 2.45) is 0 Å². The molecule has 1 heterocycles. The van der Waals surface area contributed by atoms with Gasteiger partial charge in [0.15, 0.2) is 0 Å². The van der Waals surface area contributed by atoms with Gasteiger partial charge in [-0.25, -0.2) is 0 Å². The fourth-order valence-corrected chi connectivity index (χ4v) is 5.92. The Hall–Kier alpha value is -2.97. The fraction of sp³-hybridized carbons (Fsp3) is 0.312. The number of anilines is 1. The molecule has 0 saturated carbocycles. The molecule has 1 saturated heterocycles. The number of hydrogen-bond donors (Lipinski definition) is 0. The van der Waals surface area contributed by atoms with E-state index in [0.29, 0.717) is 19.8 Å². The molecular weight excluding hydrogens is 589 g/mol. The van der Waals surface area contributed by atoms with Crippen LogP contribution in [0.4, 0.5) is 5.69 Å². The van der Waals surface area contributed by atoms with Crippen molar-refractivity contribution in [1.29, 1.82) is 0 Å². The highest BCUT2D eigenvalue weighted by Crippen LogP contribution is 2.46. The monoisotopic (exact) mass is 623 g/mol. The second-order valence-electron chi connectivity index (χ2n) is 9.38. The normalized spacial score (nSPS) is 13.5. The van der Waals surface area contributed by atoms with Gasteiger partial charge in [0, 0.05) is 50.5 Å². The van der Waals surface area contributed by atoms with Gasteiger partial charge in [0.2, 0.25) is 0 Å². The molecule has 5 nitrogen and oxygen atoms in total. The fourth-order valence-electron chi connectivity index (χ4n) is 5.04. The van der Waals surface area contributed by atoms with Crippen molar-refractivity contribution >= 4 is 39.1 Å². The summed E-state index contributed by atoms with van der Waals surface area (Å²) in [6.07, 6.45) is 2.11. The number of morpholine rings is 1. The topological polar surface area (TPSA) is 40.2 Å². The first-order valence-corrected chi connectivity index (χ1v) is 14.3. The zero-order valence-corrected chi connectivity index (χ0v) is 24.4. The van der Waals surface area contributed by atoms with Crippen LogP contribution in [-0.4, -0.2) is 47.1 Å². The van der Waals surface area contributed by atoms with E-state index in [1.165, 1.54) is 25.8 Å². The van der Waals surface area contributed by atoms with E-state index in [9.17, 15) is 0 Å². The minimum absolute atomic E-state index is 0.693. The van der Waals surface area contributed by atoms with Gasteiger partial charge in [0.05, 0.1) is 34.0 Å². The van der Waals surface area contributed by atoms with Crippen LogP contribution in [0, 0.1) is 3.57 Å². The van der Waals surface area contributed by atoms with E-state index in [2.05, 4.69) is 89.0 Å². The molecular formula is C32H34INO4. The molecule has 1 aliphatic heterocycles. The lowest BCUT2D eigenvalue weighted by Gasteiger charge is -2.32. The van der Waals surface area contributed by atoms with Crippen molar-refractivity contribution in [3.05, 3.63) is 70.3 Å². The number of methoxy groups -OCH3 is 2. The predicted molar refractivity (Wildman–Crippen MR) is 164 cm³/mol. The summed E-state index contributed by atoms with van der Waals surface area (Å²) in [5, 5.41) is 2.29. The minimum atomic E-state index is 0.693. The molecule has 38 heavy (non-hydrogen) atoms. The van der Waals surface area contributed by atoms with Gasteiger partial charge in [0.1, 0.15) is 17.2 Å². The highest BCUT2D eigenvalue weighted by atomic mass is 127. The maximum absolute atomic E-state index is 6.41. The van der Waals surface area contributed by atoms with Crippen LogP contribution in [0.3, 0.4) is 0 Å². The van der Waals surface area contributed by atoms with E-state index in [4.69, 9.17) is 18.9 Å². The molecule has 4 aromatic carbocycles.